The summed E-state index contributed by atoms with van der Waals surface area (Å²) in [6.45, 7) is 5.39. The molecular weight excluding hydrogens is 592 g/mol. The number of hydrogen-bond donors (Lipinski definition) is 1. The van der Waals surface area contributed by atoms with Crippen LogP contribution in [0.1, 0.15) is 239 Å². The molecule has 1 atom stereocenters. The zero-order chi connectivity index (χ0) is 34.9. The van der Waals surface area contributed by atoms with Crippen molar-refractivity contribution in [1.82, 2.24) is 0 Å². The monoisotopic (exact) mass is 679 g/mol. The standard InChI is InChI=1S/C44H86O4/c1-3-5-7-9-11-13-15-17-19-21-22-23-25-27-29-31-33-35-37-39-44(46)48-43(41-45)42-47-40-38-36-34-32-30-28-26-24-20-18-16-14-12-10-8-6-4-2/h17,19,43,45H,3-16,18,20-42H2,1-2H3/b19-17-. The molecule has 0 aliphatic rings. The number of ether oxygens (including phenoxy) is 2. The van der Waals surface area contributed by atoms with Crippen LogP contribution < -0.4 is 0 Å². The highest BCUT2D eigenvalue weighted by Crippen LogP contribution is 2.15. The van der Waals surface area contributed by atoms with Gasteiger partial charge in [-0.15, -0.1) is 0 Å². The van der Waals surface area contributed by atoms with Crippen molar-refractivity contribution in [2.45, 2.75) is 245 Å². The molecule has 286 valence electrons. The Bertz CT molecular complexity index is 633. The molecule has 0 aromatic carbocycles. The third-order valence-electron chi connectivity index (χ3n) is 9.84. The molecular formula is C44H86O4. The van der Waals surface area contributed by atoms with Gasteiger partial charge in [0, 0.05) is 13.0 Å². The second kappa shape index (κ2) is 42.3. The maximum atomic E-state index is 12.2. The van der Waals surface area contributed by atoms with Crippen molar-refractivity contribution in [3.05, 3.63) is 12.2 Å². The summed E-state index contributed by atoms with van der Waals surface area (Å²) in [4.78, 5) is 12.2. The van der Waals surface area contributed by atoms with Crippen LogP contribution in [0.4, 0.5) is 0 Å². The fourth-order valence-corrected chi connectivity index (χ4v) is 6.56. The molecule has 0 aliphatic carbocycles. The molecule has 4 heteroatoms. The Morgan fingerprint density at radius 1 is 0.479 bits per heavy atom. The van der Waals surface area contributed by atoms with Crippen LogP contribution in [0.2, 0.25) is 0 Å². The lowest BCUT2D eigenvalue weighted by Crippen LogP contribution is -2.27. The molecule has 0 amide bonds. The van der Waals surface area contributed by atoms with Gasteiger partial charge in [0.25, 0.3) is 0 Å². The van der Waals surface area contributed by atoms with Gasteiger partial charge >= 0.3 is 5.97 Å². The largest absolute Gasteiger partial charge is 0.457 e. The van der Waals surface area contributed by atoms with Gasteiger partial charge in [-0.2, -0.15) is 0 Å². The summed E-state index contributed by atoms with van der Waals surface area (Å²) in [5, 5.41) is 9.60. The van der Waals surface area contributed by atoms with E-state index in [0.717, 1.165) is 19.3 Å². The summed E-state index contributed by atoms with van der Waals surface area (Å²) in [7, 11) is 0. The number of carbonyl (C=O) groups excluding carboxylic acids is 1. The van der Waals surface area contributed by atoms with Crippen molar-refractivity contribution in [3.63, 3.8) is 0 Å². The van der Waals surface area contributed by atoms with E-state index in [0.29, 0.717) is 19.6 Å². The predicted octanol–water partition coefficient (Wildman–Crippen LogP) is 14.2. The van der Waals surface area contributed by atoms with Crippen LogP contribution in [0.15, 0.2) is 12.2 Å². The van der Waals surface area contributed by atoms with Gasteiger partial charge in [-0.1, -0.05) is 206 Å². The van der Waals surface area contributed by atoms with Crippen molar-refractivity contribution >= 4 is 5.97 Å². The fraction of sp³-hybridized carbons (Fsp3) is 0.932. The molecule has 0 aromatic heterocycles. The van der Waals surface area contributed by atoms with Crippen molar-refractivity contribution in [3.8, 4) is 0 Å². The predicted molar refractivity (Wildman–Crippen MR) is 210 cm³/mol. The third-order valence-corrected chi connectivity index (χ3v) is 9.84. The summed E-state index contributed by atoms with van der Waals surface area (Å²) >= 11 is 0. The van der Waals surface area contributed by atoms with Crippen LogP contribution in [0.5, 0.6) is 0 Å². The first-order valence-electron chi connectivity index (χ1n) is 21.8. The van der Waals surface area contributed by atoms with Gasteiger partial charge in [-0.3, -0.25) is 4.79 Å². The minimum atomic E-state index is -0.529. The molecule has 48 heavy (non-hydrogen) atoms. The zero-order valence-corrected chi connectivity index (χ0v) is 32.8. The second-order valence-corrected chi connectivity index (χ2v) is 14.8. The van der Waals surface area contributed by atoms with Crippen molar-refractivity contribution in [2.24, 2.45) is 0 Å². The van der Waals surface area contributed by atoms with Crippen LogP contribution in [0.25, 0.3) is 0 Å². The molecule has 0 radical (unpaired) electrons. The zero-order valence-electron chi connectivity index (χ0n) is 32.8. The Labute approximate surface area is 301 Å². The SMILES string of the molecule is CCCCCCCC/C=C\CCCCCCCCCCCC(=O)OC(CO)COCCCCCCCCCCCCCCCCCCC. The van der Waals surface area contributed by atoms with Gasteiger partial charge in [-0.05, 0) is 38.5 Å². The Morgan fingerprint density at radius 3 is 1.19 bits per heavy atom. The first-order valence-corrected chi connectivity index (χ1v) is 21.8. The van der Waals surface area contributed by atoms with E-state index in [1.54, 1.807) is 0 Å². The molecule has 0 spiro atoms. The highest BCUT2D eigenvalue weighted by molar-refractivity contribution is 5.69. The van der Waals surface area contributed by atoms with Crippen molar-refractivity contribution < 1.29 is 19.4 Å². The summed E-state index contributed by atoms with van der Waals surface area (Å²) in [5.41, 5.74) is 0. The molecule has 0 aromatic rings. The Kier molecular flexibility index (Phi) is 41.5. The summed E-state index contributed by atoms with van der Waals surface area (Å²) < 4.78 is 11.2. The average Bonchev–Trinajstić information content (AvgIpc) is 3.09. The summed E-state index contributed by atoms with van der Waals surface area (Å²) in [6, 6.07) is 0. The smallest absolute Gasteiger partial charge is 0.306 e. The van der Waals surface area contributed by atoms with Gasteiger partial charge in [0.1, 0.15) is 6.10 Å². The van der Waals surface area contributed by atoms with E-state index in [1.165, 1.54) is 199 Å². The Hall–Kier alpha value is -0.870. The molecule has 0 aliphatic heterocycles. The Morgan fingerprint density at radius 2 is 0.812 bits per heavy atom. The maximum absolute atomic E-state index is 12.2. The highest BCUT2D eigenvalue weighted by Gasteiger charge is 2.13. The number of unbranched alkanes of at least 4 members (excludes halogenated alkanes) is 31. The quantitative estimate of drug-likeness (QED) is 0.0397. The van der Waals surface area contributed by atoms with Crippen LogP contribution in [-0.4, -0.2) is 37.0 Å². The van der Waals surface area contributed by atoms with Gasteiger partial charge in [0.15, 0.2) is 0 Å². The first kappa shape index (κ1) is 47.1. The number of allylic oxidation sites excluding steroid dienone is 2. The lowest BCUT2D eigenvalue weighted by molar-refractivity contribution is -0.154. The van der Waals surface area contributed by atoms with Crippen LogP contribution in [-0.2, 0) is 14.3 Å². The van der Waals surface area contributed by atoms with Crippen molar-refractivity contribution in [2.75, 3.05) is 19.8 Å². The number of hydrogen-bond acceptors (Lipinski definition) is 4. The topological polar surface area (TPSA) is 55.8 Å². The Balaban J connectivity index is 3.38. The number of aliphatic hydroxyl groups excluding tert-OH is 1. The van der Waals surface area contributed by atoms with Gasteiger partial charge in [-0.25, -0.2) is 0 Å². The number of aliphatic hydroxyl groups is 1. The second-order valence-electron chi connectivity index (χ2n) is 14.8. The van der Waals surface area contributed by atoms with E-state index in [9.17, 15) is 9.90 Å². The molecule has 1 unspecified atom stereocenters. The minimum absolute atomic E-state index is 0.166. The lowest BCUT2D eigenvalue weighted by atomic mass is 10.0. The third kappa shape index (κ3) is 39.6. The molecule has 0 heterocycles. The van der Waals surface area contributed by atoms with Crippen molar-refractivity contribution in [1.29, 1.82) is 0 Å². The fourth-order valence-electron chi connectivity index (χ4n) is 6.56. The van der Waals surface area contributed by atoms with Gasteiger partial charge in [0.05, 0.1) is 13.2 Å². The maximum Gasteiger partial charge on any atom is 0.306 e. The van der Waals surface area contributed by atoms with Crippen LogP contribution in [0.3, 0.4) is 0 Å². The summed E-state index contributed by atoms with van der Waals surface area (Å²) in [5.74, 6) is -0.198. The van der Waals surface area contributed by atoms with Gasteiger partial charge < -0.3 is 14.6 Å². The van der Waals surface area contributed by atoms with E-state index in [-0.39, 0.29) is 12.6 Å². The van der Waals surface area contributed by atoms with E-state index in [1.807, 2.05) is 0 Å². The molecule has 0 bridgehead atoms. The molecule has 0 saturated heterocycles. The summed E-state index contributed by atoms with van der Waals surface area (Å²) in [6.07, 6.45) is 49.8. The highest BCUT2D eigenvalue weighted by atomic mass is 16.6. The molecule has 0 rings (SSSR count). The number of esters is 1. The first-order chi connectivity index (χ1) is 23.7. The lowest BCUT2D eigenvalue weighted by Gasteiger charge is -2.16. The molecule has 1 N–H and O–H groups in total. The minimum Gasteiger partial charge on any atom is -0.457 e. The van der Waals surface area contributed by atoms with E-state index < -0.39 is 6.10 Å². The van der Waals surface area contributed by atoms with E-state index in [4.69, 9.17) is 9.47 Å². The molecule has 4 nitrogen and oxygen atoms in total. The number of carbonyl (C=O) groups is 1. The molecule has 0 saturated carbocycles. The number of rotatable bonds is 41. The normalized spacial score (nSPS) is 12.3. The molecule has 0 fully saturated rings. The van der Waals surface area contributed by atoms with Crippen LogP contribution in [0, 0.1) is 0 Å². The van der Waals surface area contributed by atoms with E-state index >= 15 is 0 Å². The average molecular weight is 679 g/mol. The van der Waals surface area contributed by atoms with Crippen LogP contribution >= 0.6 is 0 Å². The van der Waals surface area contributed by atoms with Gasteiger partial charge in [0.2, 0.25) is 0 Å². The van der Waals surface area contributed by atoms with E-state index in [2.05, 4.69) is 26.0 Å².